The quantitative estimate of drug-likeness (QED) is 0.657. The molecule has 92 valence electrons. The molecule has 1 heterocycles. The molecule has 2 nitrogen and oxygen atoms in total. The van der Waals surface area contributed by atoms with E-state index in [1.54, 1.807) is 0 Å². The van der Waals surface area contributed by atoms with Crippen molar-refractivity contribution < 1.29 is 4.79 Å². The fourth-order valence-corrected chi connectivity index (χ4v) is 2.86. The second-order valence-electron chi connectivity index (χ2n) is 4.35. The molecule has 0 atom stereocenters. The van der Waals surface area contributed by atoms with Gasteiger partial charge in [0.05, 0.1) is 0 Å². The van der Waals surface area contributed by atoms with Crippen LogP contribution in [0.3, 0.4) is 0 Å². The molecule has 17 heavy (non-hydrogen) atoms. The summed E-state index contributed by atoms with van der Waals surface area (Å²) >= 11 is 1.81. The summed E-state index contributed by atoms with van der Waals surface area (Å²) in [6, 6.07) is 8.07. The molecule has 2 rings (SSSR count). The van der Waals surface area contributed by atoms with Crippen LogP contribution in [0.15, 0.2) is 29.2 Å². The van der Waals surface area contributed by atoms with E-state index in [1.165, 1.54) is 4.90 Å². The van der Waals surface area contributed by atoms with Crippen molar-refractivity contribution in [2.45, 2.75) is 24.7 Å². The zero-order valence-corrected chi connectivity index (χ0v) is 11.1. The Hall–Kier alpha value is -0.800. The van der Waals surface area contributed by atoms with E-state index in [-0.39, 0.29) is 5.92 Å². The molecule has 3 heteroatoms. The first-order valence-electron chi connectivity index (χ1n) is 6.29. The van der Waals surface area contributed by atoms with Gasteiger partial charge in [-0.1, -0.05) is 19.1 Å². The molecule has 1 aromatic rings. The molecule has 0 amide bonds. The van der Waals surface area contributed by atoms with Crippen molar-refractivity contribution in [3.63, 3.8) is 0 Å². The largest absolute Gasteiger partial charge is 0.317 e. The number of hydrogen-bond acceptors (Lipinski definition) is 3. The number of rotatable bonds is 4. The van der Waals surface area contributed by atoms with Crippen LogP contribution in [0.1, 0.15) is 30.1 Å². The topological polar surface area (TPSA) is 29.1 Å². The van der Waals surface area contributed by atoms with Gasteiger partial charge in [0, 0.05) is 16.4 Å². The number of carbonyl (C=O) groups is 1. The summed E-state index contributed by atoms with van der Waals surface area (Å²) in [4.78, 5) is 13.5. The molecule has 1 aromatic carbocycles. The van der Waals surface area contributed by atoms with Gasteiger partial charge < -0.3 is 5.32 Å². The van der Waals surface area contributed by atoms with Gasteiger partial charge in [-0.3, -0.25) is 4.79 Å². The Labute approximate surface area is 107 Å². The molecule has 1 aliphatic rings. The number of hydrogen-bond donors (Lipinski definition) is 1. The van der Waals surface area contributed by atoms with Crippen LogP contribution in [0.2, 0.25) is 0 Å². The Kier molecular flexibility index (Phi) is 4.63. The number of carbonyl (C=O) groups excluding carboxylic acids is 1. The third-order valence-corrected chi connectivity index (χ3v) is 4.05. The van der Waals surface area contributed by atoms with Crippen molar-refractivity contribution in [3.8, 4) is 0 Å². The maximum absolute atomic E-state index is 12.2. The second kappa shape index (κ2) is 6.22. The molecular weight excluding hydrogens is 230 g/mol. The van der Waals surface area contributed by atoms with Gasteiger partial charge in [-0.25, -0.2) is 0 Å². The van der Waals surface area contributed by atoms with E-state index < -0.39 is 0 Å². The first kappa shape index (κ1) is 12.7. The Bertz CT molecular complexity index is 368. The van der Waals surface area contributed by atoms with Crippen molar-refractivity contribution in [1.29, 1.82) is 0 Å². The van der Waals surface area contributed by atoms with Gasteiger partial charge in [-0.05, 0) is 43.8 Å². The van der Waals surface area contributed by atoms with Gasteiger partial charge in [0.25, 0.3) is 0 Å². The summed E-state index contributed by atoms with van der Waals surface area (Å²) in [5.41, 5.74) is 0.873. The van der Waals surface area contributed by atoms with Crippen molar-refractivity contribution in [2.75, 3.05) is 18.8 Å². The molecule has 1 fully saturated rings. The minimum absolute atomic E-state index is 0.223. The van der Waals surface area contributed by atoms with E-state index in [0.29, 0.717) is 5.78 Å². The molecule has 0 spiro atoms. The van der Waals surface area contributed by atoms with E-state index in [0.717, 1.165) is 37.2 Å². The van der Waals surface area contributed by atoms with Crippen molar-refractivity contribution >= 4 is 17.5 Å². The minimum Gasteiger partial charge on any atom is -0.317 e. The van der Waals surface area contributed by atoms with E-state index in [4.69, 9.17) is 0 Å². The predicted octanol–water partition coefficient (Wildman–Crippen LogP) is 2.98. The van der Waals surface area contributed by atoms with E-state index >= 15 is 0 Å². The lowest BCUT2D eigenvalue weighted by Gasteiger charge is -2.21. The van der Waals surface area contributed by atoms with Crippen LogP contribution < -0.4 is 5.32 Å². The highest BCUT2D eigenvalue weighted by molar-refractivity contribution is 7.99. The SMILES string of the molecule is CCSc1ccc(C(=O)C2CCNCC2)cc1. The monoisotopic (exact) mass is 249 g/mol. The summed E-state index contributed by atoms with van der Waals surface area (Å²) in [6.07, 6.45) is 1.95. The molecule has 1 saturated heterocycles. The van der Waals surface area contributed by atoms with Crippen LogP contribution in [-0.4, -0.2) is 24.6 Å². The second-order valence-corrected chi connectivity index (χ2v) is 5.68. The highest BCUT2D eigenvalue weighted by Crippen LogP contribution is 2.21. The summed E-state index contributed by atoms with van der Waals surface area (Å²) in [7, 11) is 0. The molecular formula is C14H19NOS. The molecule has 0 aromatic heterocycles. The number of piperidine rings is 1. The lowest BCUT2D eigenvalue weighted by Crippen LogP contribution is -2.31. The van der Waals surface area contributed by atoms with Crippen LogP contribution in [0.25, 0.3) is 0 Å². The molecule has 0 unspecified atom stereocenters. The number of benzene rings is 1. The third kappa shape index (κ3) is 3.33. The summed E-state index contributed by atoms with van der Waals surface area (Å²) in [6.45, 7) is 4.08. The minimum atomic E-state index is 0.223. The lowest BCUT2D eigenvalue weighted by molar-refractivity contribution is 0.0895. The summed E-state index contributed by atoms with van der Waals surface area (Å²) in [5, 5.41) is 3.29. The van der Waals surface area contributed by atoms with Gasteiger partial charge in [-0.2, -0.15) is 0 Å². The van der Waals surface area contributed by atoms with Crippen LogP contribution in [-0.2, 0) is 0 Å². The summed E-state index contributed by atoms with van der Waals surface area (Å²) in [5.74, 6) is 1.61. The zero-order valence-electron chi connectivity index (χ0n) is 10.2. The molecule has 0 saturated carbocycles. The van der Waals surface area contributed by atoms with Crippen LogP contribution in [0.5, 0.6) is 0 Å². The number of nitrogens with one attached hydrogen (secondary N) is 1. The van der Waals surface area contributed by atoms with Crippen LogP contribution >= 0.6 is 11.8 Å². The molecule has 1 N–H and O–H groups in total. The zero-order chi connectivity index (χ0) is 12.1. The van der Waals surface area contributed by atoms with Gasteiger partial charge in [0.15, 0.2) is 5.78 Å². The Balaban J connectivity index is 2.03. The average Bonchev–Trinajstić information content (AvgIpc) is 2.40. The van der Waals surface area contributed by atoms with Gasteiger partial charge >= 0.3 is 0 Å². The summed E-state index contributed by atoms with van der Waals surface area (Å²) < 4.78 is 0. The van der Waals surface area contributed by atoms with E-state index in [2.05, 4.69) is 24.4 Å². The molecule has 1 aliphatic heterocycles. The smallest absolute Gasteiger partial charge is 0.166 e. The Morgan fingerprint density at radius 1 is 1.29 bits per heavy atom. The maximum atomic E-state index is 12.2. The fourth-order valence-electron chi connectivity index (χ4n) is 2.20. The van der Waals surface area contributed by atoms with Crippen LogP contribution in [0, 0.1) is 5.92 Å². The van der Waals surface area contributed by atoms with Crippen molar-refractivity contribution in [2.24, 2.45) is 5.92 Å². The molecule has 0 aliphatic carbocycles. The maximum Gasteiger partial charge on any atom is 0.166 e. The number of Topliss-reactive ketones (excluding diaryl/α,β-unsaturated/α-hetero) is 1. The van der Waals surface area contributed by atoms with Crippen molar-refractivity contribution in [3.05, 3.63) is 29.8 Å². The normalized spacial score (nSPS) is 17.0. The predicted molar refractivity (Wildman–Crippen MR) is 72.8 cm³/mol. The van der Waals surface area contributed by atoms with Gasteiger partial charge in [-0.15, -0.1) is 11.8 Å². The molecule has 0 bridgehead atoms. The van der Waals surface area contributed by atoms with Gasteiger partial charge in [0.2, 0.25) is 0 Å². The van der Waals surface area contributed by atoms with E-state index in [9.17, 15) is 4.79 Å². The van der Waals surface area contributed by atoms with Crippen LogP contribution in [0.4, 0.5) is 0 Å². The Morgan fingerprint density at radius 2 is 1.94 bits per heavy atom. The average molecular weight is 249 g/mol. The highest BCUT2D eigenvalue weighted by atomic mass is 32.2. The fraction of sp³-hybridized carbons (Fsp3) is 0.500. The molecule has 0 radical (unpaired) electrons. The van der Waals surface area contributed by atoms with E-state index in [1.807, 2.05) is 23.9 Å². The first-order valence-corrected chi connectivity index (χ1v) is 7.27. The van der Waals surface area contributed by atoms with Crippen molar-refractivity contribution in [1.82, 2.24) is 5.32 Å². The standard InChI is InChI=1S/C14H19NOS/c1-2-17-13-5-3-11(4-6-13)14(16)12-7-9-15-10-8-12/h3-6,12,15H,2,7-10H2,1H3. The third-order valence-electron chi connectivity index (χ3n) is 3.16. The highest BCUT2D eigenvalue weighted by Gasteiger charge is 2.21. The number of thioether (sulfide) groups is 1. The van der Waals surface area contributed by atoms with Gasteiger partial charge in [0.1, 0.15) is 0 Å². The number of ketones is 1. The Morgan fingerprint density at radius 3 is 2.53 bits per heavy atom. The first-order chi connectivity index (χ1) is 8.31. The lowest BCUT2D eigenvalue weighted by atomic mass is 9.90.